The van der Waals surface area contributed by atoms with Crippen LogP contribution < -0.4 is 5.32 Å². The molecule has 2 heterocycles. The maximum Gasteiger partial charge on any atom is 0.317 e. The zero-order valence-electron chi connectivity index (χ0n) is 15.5. The van der Waals surface area contributed by atoms with Crippen LogP contribution in [0.15, 0.2) is 30.3 Å². The second kappa shape index (κ2) is 8.08. The quantitative estimate of drug-likeness (QED) is 0.863. The summed E-state index contributed by atoms with van der Waals surface area (Å²) in [5, 5.41) is 13.1. The molecule has 26 heavy (non-hydrogen) atoms. The molecule has 142 valence electrons. The molecule has 1 aromatic rings. The Bertz CT molecular complexity index is 618. The molecule has 0 aromatic heterocycles. The highest BCUT2D eigenvalue weighted by Gasteiger charge is 2.37. The van der Waals surface area contributed by atoms with E-state index in [0.717, 1.165) is 31.2 Å². The molecule has 6 heteroatoms. The highest BCUT2D eigenvalue weighted by molar-refractivity contribution is 5.75. The Hall–Kier alpha value is -2.08. The van der Waals surface area contributed by atoms with E-state index in [1.54, 1.807) is 6.92 Å². The summed E-state index contributed by atoms with van der Waals surface area (Å²) in [6.07, 6.45) is 3.15. The monoisotopic (exact) mass is 359 g/mol. The normalized spacial score (nSPS) is 20.7. The number of hydrogen-bond donors (Lipinski definition) is 2. The van der Waals surface area contributed by atoms with E-state index >= 15 is 0 Å². The number of aliphatic hydroxyl groups excluding tert-OH is 1. The first kappa shape index (κ1) is 18.7. The number of nitrogens with zero attached hydrogens (tertiary/aromatic N) is 2. The van der Waals surface area contributed by atoms with Gasteiger partial charge in [0.15, 0.2) is 0 Å². The predicted molar refractivity (Wildman–Crippen MR) is 99.8 cm³/mol. The molecule has 0 spiro atoms. The largest absolute Gasteiger partial charge is 0.395 e. The number of amides is 3. The van der Waals surface area contributed by atoms with Crippen molar-refractivity contribution in [2.45, 2.75) is 44.1 Å². The summed E-state index contributed by atoms with van der Waals surface area (Å²) < 4.78 is 0. The predicted octanol–water partition coefficient (Wildman–Crippen LogP) is 1.73. The number of piperidine rings is 2. The highest BCUT2D eigenvalue weighted by Crippen LogP contribution is 2.35. The van der Waals surface area contributed by atoms with Gasteiger partial charge in [-0.15, -0.1) is 0 Å². The van der Waals surface area contributed by atoms with E-state index in [1.165, 1.54) is 0 Å². The molecule has 2 N–H and O–H groups in total. The molecule has 2 saturated heterocycles. The van der Waals surface area contributed by atoms with Gasteiger partial charge in [-0.05, 0) is 31.2 Å². The van der Waals surface area contributed by atoms with Crippen LogP contribution in [0.4, 0.5) is 4.79 Å². The fourth-order valence-corrected chi connectivity index (χ4v) is 4.07. The lowest BCUT2D eigenvalue weighted by atomic mass is 9.73. The summed E-state index contributed by atoms with van der Waals surface area (Å²) in [6, 6.07) is 10.2. The maximum absolute atomic E-state index is 12.6. The van der Waals surface area contributed by atoms with Crippen molar-refractivity contribution >= 4 is 11.9 Å². The molecule has 2 aliphatic rings. The van der Waals surface area contributed by atoms with Gasteiger partial charge in [-0.1, -0.05) is 30.3 Å². The van der Waals surface area contributed by atoms with Crippen LogP contribution in [0.5, 0.6) is 0 Å². The number of hydrogen-bond acceptors (Lipinski definition) is 3. The second-order valence-corrected chi connectivity index (χ2v) is 7.52. The van der Waals surface area contributed by atoms with Crippen LogP contribution in [0.25, 0.3) is 0 Å². The summed E-state index contributed by atoms with van der Waals surface area (Å²) in [6.45, 7) is 4.41. The van der Waals surface area contributed by atoms with Crippen molar-refractivity contribution in [3.05, 3.63) is 35.9 Å². The third-order valence-electron chi connectivity index (χ3n) is 5.96. The summed E-state index contributed by atoms with van der Waals surface area (Å²) in [5.41, 5.74) is 0.907. The number of aliphatic hydroxyl groups is 1. The van der Waals surface area contributed by atoms with Crippen LogP contribution in [-0.2, 0) is 10.2 Å². The van der Waals surface area contributed by atoms with Gasteiger partial charge in [-0.2, -0.15) is 0 Å². The van der Waals surface area contributed by atoms with Crippen LogP contribution in [0.1, 0.15) is 38.2 Å². The molecule has 0 bridgehead atoms. The van der Waals surface area contributed by atoms with Gasteiger partial charge < -0.3 is 20.2 Å². The van der Waals surface area contributed by atoms with E-state index in [1.807, 2.05) is 28.0 Å². The van der Waals surface area contributed by atoms with Crippen molar-refractivity contribution < 1.29 is 14.7 Å². The SMILES string of the molecule is CC(=O)N1CCC(NC(=O)N2CCC(CO)(c3ccccc3)CC2)CC1. The van der Waals surface area contributed by atoms with Crippen molar-refractivity contribution in [1.29, 1.82) is 0 Å². The standard InChI is InChI=1S/C20H29N3O3/c1-16(25)22-11-7-18(8-12-22)21-19(26)23-13-9-20(15-24,10-14-23)17-5-3-2-4-6-17/h2-6,18,24H,7-15H2,1H3,(H,21,26). The molecule has 0 unspecified atom stereocenters. The third kappa shape index (κ3) is 4.01. The van der Waals surface area contributed by atoms with Gasteiger partial charge in [0.25, 0.3) is 0 Å². The Kier molecular flexibility index (Phi) is 5.81. The van der Waals surface area contributed by atoms with Crippen molar-refractivity contribution in [2.24, 2.45) is 0 Å². The highest BCUT2D eigenvalue weighted by atomic mass is 16.3. The van der Waals surface area contributed by atoms with Crippen molar-refractivity contribution in [3.63, 3.8) is 0 Å². The topological polar surface area (TPSA) is 72.9 Å². The third-order valence-corrected chi connectivity index (χ3v) is 5.96. The van der Waals surface area contributed by atoms with Crippen LogP contribution >= 0.6 is 0 Å². The summed E-state index contributed by atoms with van der Waals surface area (Å²) in [4.78, 5) is 27.7. The molecule has 6 nitrogen and oxygen atoms in total. The molecule has 0 aliphatic carbocycles. The Morgan fingerprint density at radius 1 is 1.08 bits per heavy atom. The molecule has 0 saturated carbocycles. The number of rotatable bonds is 3. The zero-order valence-corrected chi connectivity index (χ0v) is 15.5. The van der Waals surface area contributed by atoms with Gasteiger partial charge in [0.05, 0.1) is 6.61 Å². The number of carbonyl (C=O) groups excluding carboxylic acids is 2. The fraction of sp³-hybridized carbons (Fsp3) is 0.600. The summed E-state index contributed by atoms with van der Waals surface area (Å²) in [7, 11) is 0. The first-order valence-electron chi connectivity index (χ1n) is 9.51. The number of carbonyl (C=O) groups is 2. The van der Waals surface area contributed by atoms with Crippen LogP contribution in [0, 0.1) is 0 Å². The van der Waals surface area contributed by atoms with E-state index in [0.29, 0.717) is 26.2 Å². The first-order valence-corrected chi connectivity index (χ1v) is 9.51. The molecular formula is C20H29N3O3. The molecule has 2 fully saturated rings. The average Bonchev–Trinajstić information content (AvgIpc) is 2.69. The Labute approximate surface area is 155 Å². The van der Waals surface area contributed by atoms with Gasteiger partial charge in [-0.3, -0.25) is 4.79 Å². The van der Waals surface area contributed by atoms with Gasteiger partial charge in [0.1, 0.15) is 0 Å². The van der Waals surface area contributed by atoms with Crippen molar-refractivity contribution in [1.82, 2.24) is 15.1 Å². The smallest absolute Gasteiger partial charge is 0.317 e. The molecule has 0 radical (unpaired) electrons. The van der Waals surface area contributed by atoms with Crippen LogP contribution in [0.2, 0.25) is 0 Å². The minimum atomic E-state index is -0.245. The lowest BCUT2D eigenvalue weighted by Crippen LogP contribution is -2.53. The van der Waals surface area contributed by atoms with Crippen LogP contribution in [-0.4, -0.2) is 65.7 Å². The van der Waals surface area contributed by atoms with E-state index in [2.05, 4.69) is 17.4 Å². The van der Waals surface area contributed by atoms with Crippen molar-refractivity contribution in [3.8, 4) is 0 Å². The van der Waals surface area contributed by atoms with Crippen LogP contribution in [0.3, 0.4) is 0 Å². The zero-order chi connectivity index (χ0) is 18.6. The van der Waals surface area contributed by atoms with Crippen molar-refractivity contribution in [2.75, 3.05) is 32.8 Å². The summed E-state index contributed by atoms with van der Waals surface area (Å²) >= 11 is 0. The van der Waals surface area contributed by atoms with Gasteiger partial charge in [-0.25, -0.2) is 4.79 Å². The van der Waals surface area contributed by atoms with E-state index < -0.39 is 0 Å². The number of nitrogens with one attached hydrogen (secondary N) is 1. The lowest BCUT2D eigenvalue weighted by Gasteiger charge is -2.41. The molecule has 1 aromatic carbocycles. The Balaban J connectivity index is 1.52. The van der Waals surface area contributed by atoms with Gasteiger partial charge in [0, 0.05) is 44.6 Å². The molecule has 0 atom stereocenters. The van der Waals surface area contributed by atoms with E-state index in [4.69, 9.17) is 0 Å². The first-order chi connectivity index (χ1) is 12.5. The van der Waals surface area contributed by atoms with E-state index in [9.17, 15) is 14.7 Å². The minimum absolute atomic E-state index is 0.0223. The average molecular weight is 359 g/mol. The molecule has 3 amide bonds. The molecule has 2 aliphatic heterocycles. The Morgan fingerprint density at radius 2 is 1.69 bits per heavy atom. The van der Waals surface area contributed by atoms with E-state index in [-0.39, 0.29) is 30.0 Å². The Morgan fingerprint density at radius 3 is 2.23 bits per heavy atom. The molecular weight excluding hydrogens is 330 g/mol. The minimum Gasteiger partial charge on any atom is -0.395 e. The number of benzene rings is 1. The second-order valence-electron chi connectivity index (χ2n) is 7.52. The van der Waals surface area contributed by atoms with Gasteiger partial charge >= 0.3 is 6.03 Å². The number of urea groups is 1. The summed E-state index contributed by atoms with van der Waals surface area (Å²) in [5.74, 6) is 0.104. The lowest BCUT2D eigenvalue weighted by molar-refractivity contribution is -0.129. The van der Waals surface area contributed by atoms with Gasteiger partial charge in [0.2, 0.25) is 5.91 Å². The number of likely N-dealkylation sites (tertiary alicyclic amines) is 2. The maximum atomic E-state index is 12.6. The fourth-order valence-electron chi connectivity index (χ4n) is 4.07. The molecule has 3 rings (SSSR count).